The van der Waals surface area contributed by atoms with E-state index < -0.39 is 0 Å². The van der Waals surface area contributed by atoms with Gasteiger partial charge in [-0.1, -0.05) is 35.9 Å². The van der Waals surface area contributed by atoms with Gasteiger partial charge in [0.1, 0.15) is 0 Å². The van der Waals surface area contributed by atoms with E-state index in [1.165, 1.54) is 16.7 Å². The van der Waals surface area contributed by atoms with Crippen molar-refractivity contribution < 1.29 is 4.79 Å². The number of rotatable bonds is 2. The van der Waals surface area contributed by atoms with Gasteiger partial charge in [0.2, 0.25) is 5.91 Å². The van der Waals surface area contributed by atoms with Gasteiger partial charge in [0.05, 0.1) is 23.8 Å². The number of benzene rings is 2. The van der Waals surface area contributed by atoms with E-state index in [9.17, 15) is 4.79 Å². The van der Waals surface area contributed by atoms with Crippen LogP contribution in [0.1, 0.15) is 36.0 Å². The Hall–Kier alpha value is -2.42. The molecule has 122 valence electrons. The molecule has 0 N–H and O–H groups in total. The Bertz CT molecular complexity index is 837. The summed E-state index contributed by atoms with van der Waals surface area (Å²) in [6, 6.07) is 14.5. The molecular formula is C21H22N2O. The predicted octanol–water partition coefficient (Wildman–Crippen LogP) is 4.72. The van der Waals surface area contributed by atoms with Gasteiger partial charge in [-0.25, -0.2) is 0 Å². The van der Waals surface area contributed by atoms with Crippen LogP contribution in [0, 0.1) is 19.8 Å². The van der Waals surface area contributed by atoms with Crippen LogP contribution in [0.3, 0.4) is 0 Å². The topological polar surface area (TPSA) is 32.7 Å². The summed E-state index contributed by atoms with van der Waals surface area (Å²) in [6.45, 7) is 4.82. The number of fused-ring (bicyclic) bond motifs is 2. The van der Waals surface area contributed by atoms with Crippen LogP contribution in [0.25, 0.3) is 0 Å². The second-order valence-electron chi connectivity index (χ2n) is 6.89. The van der Waals surface area contributed by atoms with Crippen molar-refractivity contribution in [2.45, 2.75) is 39.7 Å². The normalized spacial score (nSPS) is 19.6. The first kappa shape index (κ1) is 15.1. The maximum atomic E-state index is 13.2. The van der Waals surface area contributed by atoms with Gasteiger partial charge in [0.25, 0.3) is 0 Å². The molecule has 1 aliphatic heterocycles. The Labute approximate surface area is 143 Å². The molecule has 3 heteroatoms. The number of nitrogens with zero attached hydrogens (tertiary/aromatic N) is 2. The van der Waals surface area contributed by atoms with Crippen LogP contribution in [-0.2, 0) is 11.3 Å². The molecule has 1 unspecified atom stereocenters. The van der Waals surface area contributed by atoms with Crippen LogP contribution in [0.5, 0.6) is 0 Å². The first-order valence-corrected chi connectivity index (χ1v) is 8.67. The maximum Gasteiger partial charge on any atom is 0.236 e. The Morgan fingerprint density at radius 2 is 2.00 bits per heavy atom. The van der Waals surface area contributed by atoms with E-state index in [1.54, 1.807) is 0 Å². The average Bonchev–Trinajstić information content (AvgIpc) is 3.00. The second-order valence-corrected chi connectivity index (χ2v) is 6.89. The SMILES string of the molecule is Cc1ccc(C)c(CN2C(=O)C3CCCC3=Nc3ccccc32)c1. The van der Waals surface area contributed by atoms with Gasteiger partial charge in [-0.2, -0.15) is 0 Å². The molecule has 1 fully saturated rings. The number of hydrogen-bond acceptors (Lipinski definition) is 2. The Morgan fingerprint density at radius 3 is 2.88 bits per heavy atom. The molecular weight excluding hydrogens is 296 g/mol. The third kappa shape index (κ3) is 2.54. The quantitative estimate of drug-likeness (QED) is 0.788. The fourth-order valence-corrected chi connectivity index (χ4v) is 3.78. The summed E-state index contributed by atoms with van der Waals surface area (Å²) in [5.74, 6) is 0.166. The predicted molar refractivity (Wildman–Crippen MR) is 98.0 cm³/mol. The Morgan fingerprint density at radius 1 is 1.17 bits per heavy atom. The van der Waals surface area contributed by atoms with Gasteiger partial charge < -0.3 is 4.90 Å². The number of para-hydroxylation sites is 2. The number of amides is 1. The lowest BCUT2D eigenvalue weighted by Gasteiger charge is -2.25. The number of anilines is 1. The van der Waals surface area contributed by atoms with Crippen molar-refractivity contribution in [3.8, 4) is 0 Å². The molecule has 3 nitrogen and oxygen atoms in total. The van der Waals surface area contributed by atoms with E-state index in [1.807, 2.05) is 29.2 Å². The van der Waals surface area contributed by atoms with Crippen molar-refractivity contribution >= 4 is 23.0 Å². The summed E-state index contributed by atoms with van der Waals surface area (Å²) in [6.07, 6.45) is 2.94. The minimum atomic E-state index is -0.0393. The molecule has 0 saturated heterocycles. The average molecular weight is 318 g/mol. The number of aliphatic imine (C=N–C) groups is 1. The maximum absolute atomic E-state index is 13.2. The van der Waals surface area contributed by atoms with E-state index in [0.29, 0.717) is 6.54 Å². The first-order chi connectivity index (χ1) is 11.6. The van der Waals surface area contributed by atoms with E-state index in [-0.39, 0.29) is 11.8 Å². The number of carbonyl (C=O) groups excluding carboxylic acids is 1. The van der Waals surface area contributed by atoms with Crippen molar-refractivity contribution in [3.63, 3.8) is 0 Å². The van der Waals surface area contributed by atoms with Crippen LogP contribution in [-0.4, -0.2) is 11.6 Å². The molecule has 4 rings (SSSR count). The van der Waals surface area contributed by atoms with Crippen molar-refractivity contribution in [1.82, 2.24) is 0 Å². The molecule has 1 heterocycles. The monoisotopic (exact) mass is 318 g/mol. The fourth-order valence-electron chi connectivity index (χ4n) is 3.78. The first-order valence-electron chi connectivity index (χ1n) is 8.67. The van der Waals surface area contributed by atoms with Crippen LogP contribution in [0.15, 0.2) is 47.5 Å². The molecule has 2 aromatic rings. The Kier molecular flexibility index (Phi) is 3.72. The molecule has 0 spiro atoms. The lowest BCUT2D eigenvalue weighted by Crippen LogP contribution is -2.36. The Balaban J connectivity index is 1.79. The summed E-state index contributed by atoms with van der Waals surface area (Å²) in [7, 11) is 0. The molecule has 1 atom stereocenters. The second kappa shape index (κ2) is 5.90. The molecule has 1 aliphatic carbocycles. The molecule has 0 radical (unpaired) electrons. The molecule has 1 amide bonds. The third-order valence-corrected chi connectivity index (χ3v) is 5.16. The number of hydrogen-bond donors (Lipinski definition) is 0. The van der Waals surface area contributed by atoms with Gasteiger partial charge in [0, 0.05) is 5.71 Å². The zero-order valence-electron chi connectivity index (χ0n) is 14.2. The highest BCUT2D eigenvalue weighted by Crippen LogP contribution is 2.38. The van der Waals surface area contributed by atoms with Crippen molar-refractivity contribution in [2.75, 3.05) is 4.90 Å². The van der Waals surface area contributed by atoms with E-state index in [0.717, 1.165) is 36.3 Å². The van der Waals surface area contributed by atoms with Gasteiger partial charge in [-0.3, -0.25) is 9.79 Å². The van der Waals surface area contributed by atoms with Gasteiger partial charge in [-0.15, -0.1) is 0 Å². The van der Waals surface area contributed by atoms with Crippen LogP contribution < -0.4 is 4.90 Å². The summed E-state index contributed by atoms with van der Waals surface area (Å²) >= 11 is 0. The van der Waals surface area contributed by atoms with Crippen molar-refractivity contribution in [3.05, 3.63) is 59.2 Å². The summed E-state index contributed by atoms with van der Waals surface area (Å²) in [4.78, 5) is 20.0. The van der Waals surface area contributed by atoms with E-state index in [2.05, 4.69) is 32.0 Å². The van der Waals surface area contributed by atoms with E-state index in [4.69, 9.17) is 4.99 Å². The van der Waals surface area contributed by atoms with Gasteiger partial charge >= 0.3 is 0 Å². The summed E-state index contributed by atoms with van der Waals surface area (Å²) in [5.41, 5.74) is 6.59. The molecule has 2 aliphatic rings. The highest BCUT2D eigenvalue weighted by molar-refractivity contribution is 6.14. The lowest BCUT2D eigenvalue weighted by molar-refractivity contribution is -0.120. The van der Waals surface area contributed by atoms with Crippen molar-refractivity contribution in [2.24, 2.45) is 10.9 Å². The zero-order chi connectivity index (χ0) is 16.7. The van der Waals surface area contributed by atoms with Crippen LogP contribution >= 0.6 is 0 Å². The summed E-state index contributed by atoms with van der Waals surface area (Å²) in [5, 5.41) is 0. The molecule has 1 saturated carbocycles. The number of aryl methyl sites for hydroxylation is 2. The minimum Gasteiger partial charge on any atom is -0.305 e. The third-order valence-electron chi connectivity index (χ3n) is 5.16. The van der Waals surface area contributed by atoms with Gasteiger partial charge in [0.15, 0.2) is 0 Å². The van der Waals surface area contributed by atoms with Crippen LogP contribution in [0.2, 0.25) is 0 Å². The van der Waals surface area contributed by atoms with Crippen molar-refractivity contribution in [1.29, 1.82) is 0 Å². The molecule has 24 heavy (non-hydrogen) atoms. The molecule has 0 aromatic heterocycles. The van der Waals surface area contributed by atoms with Crippen LogP contribution in [0.4, 0.5) is 11.4 Å². The smallest absolute Gasteiger partial charge is 0.236 e. The van der Waals surface area contributed by atoms with Gasteiger partial charge in [-0.05, 0) is 56.4 Å². The lowest BCUT2D eigenvalue weighted by atomic mass is 10.0. The highest BCUT2D eigenvalue weighted by Gasteiger charge is 2.36. The molecule has 2 aromatic carbocycles. The zero-order valence-corrected chi connectivity index (χ0v) is 14.2. The largest absolute Gasteiger partial charge is 0.305 e. The fraction of sp³-hybridized carbons (Fsp3) is 0.333. The standard InChI is InChI=1S/C21H22N2O/c1-14-10-11-15(2)16(12-14)13-23-20-9-4-3-7-19(20)22-18-8-5-6-17(18)21(23)24/h3-4,7,9-12,17H,5-6,8,13H2,1-2H3. The van der Waals surface area contributed by atoms with E-state index >= 15 is 0 Å². The highest BCUT2D eigenvalue weighted by atomic mass is 16.2. The molecule has 0 bridgehead atoms. The number of carbonyl (C=O) groups is 1. The minimum absolute atomic E-state index is 0.0393. The summed E-state index contributed by atoms with van der Waals surface area (Å²) < 4.78 is 0.